The number of nitrogens with zero attached hydrogens (tertiary/aromatic N) is 3. The molecule has 0 saturated heterocycles. The summed E-state index contributed by atoms with van der Waals surface area (Å²) in [5.41, 5.74) is 0.429. The molecule has 1 rings (SSSR count). The third kappa shape index (κ3) is 2.47. The average Bonchev–Trinajstić information content (AvgIpc) is 2.30. The van der Waals surface area contributed by atoms with Gasteiger partial charge in [-0.3, -0.25) is 10.1 Å². The molecule has 0 fully saturated rings. The first-order valence-corrected chi connectivity index (χ1v) is 4.71. The number of halogens is 1. The molecule has 0 unspecified atom stereocenters. The molecule has 80 valence electrons. The molecule has 0 amide bonds. The molecule has 16 heavy (non-hydrogen) atoms. The molecular formula is C10H6ClN3O2. The molecule has 0 heterocycles. The van der Waals surface area contributed by atoms with Crippen LogP contribution in [-0.4, -0.2) is 10.3 Å². The van der Waals surface area contributed by atoms with Gasteiger partial charge in [0.15, 0.2) is 0 Å². The van der Waals surface area contributed by atoms with Crippen molar-refractivity contribution in [1.82, 2.24) is 0 Å². The summed E-state index contributed by atoms with van der Waals surface area (Å²) in [7, 11) is 0. The summed E-state index contributed by atoms with van der Waals surface area (Å²) in [6.07, 6.45) is 0. The van der Waals surface area contributed by atoms with Crippen LogP contribution in [0.2, 0.25) is 0 Å². The van der Waals surface area contributed by atoms with Gasteiger partial charge in [-0.1, -0.05) is 12.1 Å². The molecule has 0 N–H and O–H groups in total. The number of non-ortho nitro benzene ring substituents is 1. The van der Waals surface area contributed by atoms with E-state index in [1.54, 1.807) is 6.07 Å². The summed E-state index contributed by atoms with van der Waals surface area (Å²) in [6, 6.07) is 9.07. The van der Waals surface area contributed by atoms with Crippen LogP contribution in [0.15, 0.2) is 24.3 Å². The fraction of sp³-hybridized carbons (Fsp3) is 0.200. The van der Waals surface area contributed by atoms with Crippen LogP contribution in [0.4, 0.5) is 5.69 Å². The highest BCUT2D eigenvalue weighted by Gasteiger charge is 2.21. The first-order chi connectivity index (χ1) is 7.60. The Morgan fingerprint density at radius 3 is 2.19 bits per heavy atom. The van der Waals surface area contributed by atoms with E-state index in [9.17, 15) is 10.1 Å². The number of benzene rings is 1. The van der Waals surface area contributed by atoms with E-state index in [0.717, 1.165) is 0 Å². The lowest BCUT2D eigenvalue weighted by Gasteiger charge is -2.08. The topological polar surface area (TPSA) is 90.7 Å². The van der Waals surface area contributed by atoms with E-state index in [4.69, 9.17) is 22.1 Å². The molecule has 2 atom stereocenters. The molecule has 1 aromatic carbocycles. The maximum absolute atomic E-state index is 10.4. The number of nitriles is 2. The van der Waals surface area contributed by atoms with Gasteiger partial charge in [0.2, 0.25) is 0 Å². The molecule has 1 aromatic rings. The van der Waals surface area contributed by atoms with Crippen molar-refractivity contribution >= 4 is 17.3 Å². The molecule has 0 aliphatic rings. The van der Waals surface area contributed by atoms with E-state index < -0.39 is 16.2 Å². The fourth-order valence-corrected chi connectivity index (χ4v) is 1.39. The monoisotopic (exact) mass is 235 g/mol. The normalized spacial score (nSPS) is 13.2. The molecule has 6 heteroatoms. The predicted molar refractivity (Wildman–Crippen MR) is 56.7 cm³/mol. The van der Waals surface area contributed by atoms with Crippen molar-refractivity contribution in [1.29, 1.82) is 10.5 Å². The highest BCUT2D eigenvalue weighted by molar-refractivity contribution is 6.23. The zero-order valence-corrected chi connectivity index (χ0v) is 8.76. The van der Waals surface area contributed by atoms with E-state index in [-0.39, 0.29) is 5.69 Å². The Hall–Kier alpha value is -2.11. The van der Waals surface area contributed by atoms with Crippen LogP contribution in [0.5, 0.6) is 0 Å². The third-order valence-electron chi connectivity index (χ3n) is 2.02. The quantitative estimate of drug-likeness (QED) is 0.457. The molecule has 0 bridgehead atoms. The second kappa shape index (κ2) is 5.11. The van der Waals surface area contributed by atoms with Gasteiger partial charge in [-0.05, 0) is 5.56 Å². The van der Waals surface area contributed by atoms with Gasteiger partial charge < -0.3 is 0 Å². The second-order valence-corrected chi connectivity index (χ2v) is 3.46. The fourth-order valence-electron chi connectivity index (χ4n) is 1.19. The van der Waals surface area contributed by atoms with Gasteiger partial charge in [-0.15, -0.1) is 11.6 Å². The summed E-state index contributed by atoms with van der Waals surface area (Å²) >= 11 is 5.65. The van der Waals surface area contributed by atoms with Crippen LogP contribution >= 0.6 is 11.6 Å². The molecule has 0 radical (unpaired) electrons. The van der Waals surface area contributed by atoms with E-state index in [1.807, 2.05) is 6.07 Å². The van der Waals surface area contributed by atoms with Crippen molar-refractivity contribution in [2.45, 2.75) is 11.3 Å². The van der Waals surface area contributed by atoms with E-state index in [2.05, 4.69) is 0 Å². The summed E-state index contributed by atoms with van der Waals surface area (Å²) < 4.78 is 0. The minimum absolute atomic E-state index is 0.0662. The largest absolute Gasteiger partial charge is 0.269 e. The highest BCUT2D eigenvalue weighted by atomic mass is 35.5. The van der Waals surface area contributed by atoms with Crippen molar-refractivity contribution in [3.63, 3.8) is 0 Å². The lowest BCUT2D eigenvalue weighted by Crippen LogP contribution is -2.08. The Balaban J connectivity index is 3.02. The van der Waals surface area contributed by atoms with Gasteiger partial charge in [0.1, 0.15) is 11.3 Å². The Kier molecular flexibility index (Phi) is 3.82. The number of hydrogen-bond acceptors (Lipinski definition) is 4. The van der Waals surface area contributed by atoms with Crippen LogP contribution in [0.25, 0.3) is 0 Å². The number of hydrogen-bond donors (Lipinski definition) is 0. The SMILES string of the molecule is N#C[C@H](Cl)[C@@H](C#N)c1ccc([N+](=O)[O-])cc1. The smallest absolute Gasteiger partial charge is 0.258 e. The van der Waals surface area contributed by atoms with Gasteiger partial charge in [0.25, 0.3) is 5.69 Å². The minimum Gasteiger partial charge on any atom is -0.258 e. The number of nitro groups is 1. The van der Waals surface area contributed by atoms with Gasteiger partial charge in [-0.2, -0.15) is 10.5 Å². The first-order valence-electron chi connectivity index (χ1n) is 4.27. The zero-order chi connectivity index (χ0) is 12.1. The summed E-state index contributed by atoms with van der Waals surface area (Å²) in [5, 5.41) is 26.9. The van der Waals surface area contributed by atoms with Crippen molar-refractivity contribution < 1.29 is 4.92 Å². The summed E-state index contributed by atoms with van der Waals surface area (Å²) in [4.78, 5) is 9.87. The Morgan fingerprint density at radius 1 is 1.25 bits per heavy atom. The van der Waals surface area contributed by atoms with Gasteiger partial charge in [0, 0.05) is 12.1 Å². The number of nitro benzene ring substituents is 1. The van der Waals surface area contributed by atoms with Crippen molar-refractivity contribution in [2.75, 3.05) is 0 Å². The van der Waals surface area contributed by atoms with Gasteiger partial charge in [0.05, 0.1) is 17.1 Å². The van der Waals surface area contributed by atoms with Crippen LogP contribution in [0.1, 0.15) is 11.5 Å². The Bertz CT molecular complexity index is 472. The summed E-state index contributed by atoms with van der Waals surface area (Å²) in [5.74, 6) is -0.785. The van der Waals surface area contributed by atoms with E-state index in [0.29, 0.717) is 5.56 Å². The van der Waals surface area contributed by atoms with Crippen LogP contribution < -0.4 is 0 Å². The number of rotatable bonds is 3. The molecule has 0 saturated carbocycles. The standard InChI is InChI=1S/C10H6ClN3O2/c11-10(6-13)9(5-12)7-1-3-8(4-2-7)14(15)16/h1-4,9-10H/t9-,10-/m0/s1. The van der Waals surface area contributed by atoms with Crippen LogP contribution in [0.3, 0.4) is 0 Å². The predicted octanol–water partition coefficient (Wildman–Crippen LogP) is 2.33. The molecule has 0 spiro atoms. The number of alkyl halides is 1. The maximum atomic E-state index is 10.4. The van der Waals surface area contributed by atoms with Gasteiger partial charge >= 0.3 is 0 Å². The van der Waals surface area contributed by atoms with E-state index >= 15 is 0 Å². The molecular weight excluding hydrogens is 230 g/mol. The molecule has 5 nitrogen and oxygen atoms in total. The Morgan fingerprint density at radius 2 is 1.81 bits per heavy atom. The molecule has 0 aliphatic carbocycles. The lowest BCUT2D eigenvalue weighted by atomic mass is 9.97. The van der Waals surface area contributed by atoms with Crippen LogP contribution in [0, 0.1) is 32.8 Å². The van der Waals surface area contributed by atoms with Crippen molar-refractivity contribution in [3.8, 4) is 12.1 Å². The molecule has 0 aromatic heterocycles. The Labute approximate surface area is 96.6 Å². The van der Waals surface area contributed by atoms with Crippen molar-refractivity contribution in [2.24, 2.45) is 0 Å². The highest BCUT2D eigenvalue weighted by Crippen LogP contribution is 2.24. The second-order valence-electron chi connectivity index (χ2n) is 2.99. The lowest BCUT2D eigenvalue weighted by molar-refractivity contribution is -0.384. The maximum Gasteiger partial charge on any atom is 0.269 e. The molecule has 0 aliphatic heterocycles. The first kappa shape index (κ1) is 12.0. The minimum atomic E-state index is -0.966. The van der Waals surface area contributed by atoms with Crippen LogP contribution in [-0.2, 0) is 0 Å². The third-order valence-corrected chi connectivity index (χ3v) is 2.37. The summed E-state index contributed by atoms with van der Waals surface area (Å²) in [6.45, 7) is 0. The van der Waals surface area contributed by atoms with Crippen molar-refractivity contribution in [3.05, 3.63) is 39.9 Å². The van der Waals surface area contributed by atoms with Gasteiger partial charge in [-0.25, -0.2) is 0 Å². The zero-order valence-electron chi connectivity index (χ0n) is 8.00. The van der Waals surface area contributed by atoms with E-state index in [1.165, 1.54) is 24.3 Å². The average molecular weight is 236 g/mol.